The van der Waals surface area contributed by atoms with Crippen molar-refractivity contribution in [3.63, 3.8) is 0 Å². The van der Waals surface area contributed by atoms with Crippen molar-refractivity contribution in [3.05, 3.63) is 35.9 Å². The minimum atomic E-state index is -0.0252. The Balaban J connectivity index is 1.56. The summed E-state index contributed by atoms with van der Waals surface area (Å²) in [6.07, 6.45) is 4.60. The van der Waals surface area contributed by atoms with Crippen LogP contribution in [0, 0.1) is 0 Å². The lowest BCUT2D eigenvalue weighted by atomic mass is 10.0. The zero-order valence-corrected chi connectivity index (χ0v) is 17.0. The molecule has 2 atom stereocenters. The number of likely N-dealkylation sites (N-methyl/N-ethyl adjacent to an activating group) is 1. The Morgan fingerprint density at radius 2 is 1.85 bits per heavy atom. The van der Waals surface area contributed by atoms with E-state index in [0.717, 1.165) is 19.5 Å². The van der Waals surface area contributed by atoms with E-state index < -0.39 is 0 Å². The Hall–Kier alpha value is -1.43. The first-order chi connectivity index (χ1) is 13.2. The smallest absolute Gasteiger partial charge is 0.237 e. The zero-order chi connectivity index (χ0) is 19.1. The van der Waals surface area contributed by atoms with Crippen molar-refractivity contribution in [2.45, 2.75) is 64.2 Å². The first kappa shape index (κ1) is 20.3. The second-order valence-electron chi connectivity index (χ2n) is 8.04. The second-order valence-corrected chi connectivity index (χ2v) is 8.04. The molecule has 3 rings (SSSR count). The van der Waals surface area contributed by atoms with Crippen molar-refractivity contribution in [1.82, 2.24) is 20.4 Å². The molecule has 27 heavy (non-hydrogen) atoms. The van der Waals surface area contributed by atoms with Crippen LogP contribution in [0.3, 0.4) is 0 Å². The number of carbonyl (C=O) groups is 1. The molecule has 0 bridgehead atoms. The molecule has 2 heterocycles. The summed E-state index contributed by atoms with van der Waals surface area (Å²) >= 11 is 0. The largest absolute Gasteiger partial charge is 0.355 e. The van der Waals surface area contributed by atoms with Gasteiger partial charge in [-0.2, -0.15) is 0 Å². The van der Waals surface area contributed by atoms with Crippen molar-refractivity contribution in [2.24, 2.45) is 0 Å². The quantitative estimate of drug-likeness (QED) is 0.735. The summed E-state index contributed by atoms with van der Waals surface area (Å²) in [5, 5.41) is 6.91. The van der Waals surface area contributed by atoms with Crippen LogP contribution in [0.5, 0.6) is 0 Å². The highest BCUT2D eigenvalue weighted by atomic mass is 16.2. The third-order valence-electron chi connectivity index (χ3n) is 5.88. The molecule has 5 nitrogen and oxygen atoms in total. The van der Waals surface area contributed by atoms with Crippen molar-refractivity contribution < 1.29 is 4.79 Å². The number of nitrogens with one attached hydrogen (secondary N) is 2. The molecular weight excluding hydrogens is 336 g/mol. The number of hydrogen-bond acceptors (Lipinski definition) is 4. The lowest BCUT2D eigenvalue weighted by Gasteiger charge is -2.33. The fourth-order valence-corrected chi connectivity index (χ4v) is 4.55. The molecule has 0 saturated carbocycles. The van der Waals surface area contributed by atoms with Gasteiger partial charge >= 0.3 is 0 Å². The number of likely N-dealkylation sites (tertiary alicyclic amines) is 2. The van der Waals surface area contributed by atoms with E-state index >= 15 is 0 Å². The fraction of sp³-hybridized carbons (Fsp3) is 0.682. The van der Waals surface area contributed by atoms with E-state index in [-0.39, 0.29) is 11.9 Å². The van der Waals surface area contributed by atoms with Crippen LogP contribution in [0.25, 0.3) is 0 Å². The Morgan fingerprint density at radius 1 is 1.11 bits per heavy atom. The Kier molecular flexibility index (Phi) is 7.68. The van der Waals surface area contributed by atoms with Crippen molar-refractivity contribution >= 4 is 5.91 Å². The van der Waals surface area contributed by atoms with Gasteiger partial charge in [-0.3, -0.25) is 9.69 Å². The standard InChI is InChI=1S/C22H36N4O/c1-3-12-25-13-10-19(11-14-25)24-20-15-21(22(27)23-4-2)26(17-20)16-18-8-6-5-7-9-18/h5-9,19-21,24H,3-4,10-17H2,1-2H3,(H,23,27)/t20-,21+/m1/s1. The highest BCUT2D eigenvalue weighted by molar-refractivity contribution is 5.82. The van der Waals surface area contributed by atoms with E-state index in [9.17, 15) is 4.79 Å². The maximum atomic E-state index is 12.6. The van der Waals surface area contributed by atoms with Gasteiger partial charge in [-0.25, -0.2) is 0 Å². The summed E-state index contributed by atoms with van der Waals surface area (Å²) in [6.45, 7) is 10.4. The first-order valence-electron chi connectivity index (χ1n) is 10.7. The summed E-state index contributed by atoms with van der Waals surface area (Å²) < 4.78 is 0. The summed E-state index contributed by atoms with van der Waals surface area (Å²) in [4.78, 5) is 17.5. The van der Waals surface area contributed by atoms with Crippen molar-refractivity contribution in [2.75, 3.05) is 32.7 Å². The van der Waals surface area contributed by atoms with Crippen molar-refractivity contribution in [3.8, 4) is 0 Å². The zero-order valence-electron chi connectivity index (χ0n) is 17.0. The van der Waals surface area contributed by atoms with Crippen LogP contribution in [0.4, 0.5) is 0 Å². The highest BCUT2D eigenvalue weighted by Gasteiger charge is 2.37. The molecule has 0 radical (unpaired) electrons. The normalized spacial score (nSPS) is 25.0. The fourth-order valence-electron chi connectivity index (χ4n) is 4.55. The van der Waals surface area contributed by atoms with E-state index in [2.05, 4.69) is 51.6 Å². The van der Waals surface area contributed by atoms with Gasteiger partial charge in [0.25, 0.3) is 0 Å². The van der Waals surface area contributed by atoms with Crippen LogP contribution in [-0.4, -0.2) is 66.6 Å². The predicted molar refractivity (Wildman–Crippen MR) is 111 cm³/mol. The van der Waals surface area contributed by atoms with Gasteiger partial charge in [0.2, 0.25) is 5.91 Å². The van der Waals surface area contributed by atoms with Gasteiger partial charge in [0, 0.05) is 31.7 Å². The summed E-state index contributed by atoms with van der Waals surface area (Å²) in [5.74, 6) is 0.176. The summed E-state index contributed by atoms with van der Waals surface area (Å²) in [5.41, 5.74) is 1.28. The number of piperidine rings is 1. The lowest BCUT2D eigenvalue weighted by Crippen LogP contribution is -2.47. The molecule has 1 amide bonds. The number of rotatable bonds is 8. The second kappa shape index (κ2) is 10.2. The number of nitrogens with zero attached hydrogens (tertiary/aromatic N) is 2. The average molecular weight is 373 g/mol. The van der Waals surface area contributed by atoms with E-state index in [4.69, 9.17) is 0 Å². The van der Waals surface area contributed by atoms with E-state index in [1.807, 2.05) is 13.0 Å². The SMILES string of the molecule is CCCN1CCC(N[C@@H]2C[C@@H](C(=O)NCC)N(Cc3ccccc3)C2)CC1. The lowest BCUT2D eigenvalue weighted by molar-refractivity contribution is -0.125. The molecule has 0 aromatic heterocycles. The molecule has 1 aromatic rings. The van der Waals surface area contributed by atoms with Crippen LogP contribution < -0.4 is 10.6 Å². The third kappa shape index (κ3) is 5.77. The molecule has 2 aliphatic rings. The van der Waals surface area contributed by atoms with Gasteiger partial charge < -0.3 is 15.5 Å². The number of hydrogen-bond donors (Lipinski definition) is 2. The van der Waals surface area contributed by atoms with E-state index in [1.54, 1.807) is 0 Å². The van der Waals surface area contributed by atoms with Gasteiger partial charge in [0.15, 0.2) is 0 Å². The van der Waals surface area contributed by atoms with Crippen LogP contribution in [0.1, 0.15) is 45.1 Å². The topological polar surface area (TPSA) is 47.6 Å². The van der Waals surface area contributed by atoms with E-state index in [0.29, 0.717) is 18.6 Å². The molecule has 2 N–H and O–H groups in total. The Morgan fingerprint density at radius 3 is 2.52 bits per heavy atom. The van der Waals surface area contributed by atoms with E-state index in [1.165, 1.54) is 44.5 Å². The van der Waals surface area contributed by atoms with Gasteiger partial charge in [0.05, 0.1) is 6.04 Å². The monoisotopic (exact) mass is 372 g/mol. The summed E-state index contributed by atoms with van der Waals surface area (Å²) in [6, 6.07) is 11.5. The predicted octanol–water partition coefficient (Wildman–Crippen LogP) is 2.23. The molecule has 2 fully saturated rings. The number of amides is 1. The van der Waals surface area contributed by atoms with Crippen LogP contribution in [0.2, 0.25) is 0 Å². The van der Waals surface area contributed by atoms with Gasteiger partial charge in [-0.15, -0.1) is 0 Å². The minimum absolute atomic E-state index is 0.0252. The average Bonchev–Trinajstić information content (AvgIpc) is 3.07. The molecule has 2 saturated heterocycles. The third-order valence-corrected chi connectivity index (χ3v) is 5.88. The van der Waals surface area contributed by atoms with Gasteiger partial charge in [-0.1, -0.05) is 37.3 Å². The molecular formula is C22H36N4O. The molecule has 1 aromatic carbocycles. The number of benzene rings is 1. The molecule has 0 aliphatic carbocycles. The van der Waals surface area contributed by atoms with Crippen LogP contribution in [-0.2, 0) is 11.3 Å². The maximum absolute atomic E-state index is 12.6. The molecule has 5 heteroatoms. The van der Waals surface area contributed by atoms with Crippen LogP contribution in [0.15, 0.2) is 30.3 Å². The molecule has 0 spiro atoms. The van der Waals surface area contributed by atoms with Crippen molar-refractivity contribution in [1.29, 1.82) is 0 Å². The Labute approximate surface area is 164 Å². The highest BCUT2D eigenvalue weighted by Crippen LogP contribution is 2.23. The minimum Gasteiger partial charge on any atom is -0.355 e. The first-order valence-corrected chi connectivity index (χ1v) is 10.7. The maximum Gasteiger partial charge on any atom is 0.237 e. The Bertz CT molecular complexity index is 571. The summed E-state index contributed by atoms with van der Waals surface area (Å²) in [7, 11) is 0. The van der Waals surface area contributed by atoms with Gasteiger partial charge in [-0.05, 0) is 57.8 Å². The van der Waals surface area contributed by atoms with Gasteiger partial charge in [0.1, 0.15) is 0 Å². The molecule has 0 unspecified atom stereocenters. The number of carbonyl (C=O) groups excluding carboxylic acids is 1. The molecule has 2 aliphatic heterocycles. The molecule has 150 valence electrons. The van der Waals surface area contributed by atoms with Crippen LogP contribution >= 0.6 is 0 Å².